The van der Waals surface area contributed by atoms with Crippen molar-refractivity contribution in [2.24, 2.45) is 10.7 Å². The lowest BCUT2D eigenvalue weighted by molar-refractivity contribution is -0.102. The average Bonchev–Trinajstić information content (AvgIpc) is 2.54. The van der Waals surface area contributed by atoms with Crippen molar-refractivity contribution >= 4 is 11.9 Å². The Labute approximate surface area is 108 Å². The first-order chi connectivity index (χ1) is 8.47. The Kier molecular flexibility index (Phi) is 3.36. The zero-order chi connectivity index (χ0) is 13.4. The summed E-state index contributed by atoms with van der Waals surface area (Å²) < 4.78 is 5.86. The van der Waals surface area contributed by atoms with E-state index in [2.05, 4.69) is 25.8 Å². The summed E-state index contributed by atoms with van der Waals surface area (Å²) in [4.78, 5) is 17.8. The summed E-state index contributed by atoms with van der Waals surface area (Å²) in [6, 6.07) is -0.185. The number of hydrogen-bond acceptors (Lipinski definition) is 3. The molecule has 1 saturated heterocycles. The molecule has 2 amide bonds. The number of amides is 2. The summed E-state index contributed by atoms with van der Waals surface area (Å²) in [7, 11) is 0. The standard InChI is InChI=1S/C13H23N3O2/c1-4-7-16-11(17)15-10(14)13(16)6-8-18-12(3,5-2)9-13/h4-9H2,1-3H3,(H2,14,15,17). The Bertz CT molecular complexity index is 382. The van der Waals surface area contributed by atoms with E-state index < -0.39 is 5.54 Å². The topological polar surface area (TPSA) is 67.9 Å². The van der Waals surface area contributed by atoms with E-state index in [4.69, 9.17) is 10.5 Å². The van der Waals surface area contributed by atoms with Crippen LogP contribution in [-0.2, 0) is 4.74 Å². The molecule has 18 heavy (non-hydrogen) atoms. The van der Waals surface area contributed by atoms with Gasteiger partial charge in [-0.05, 0) is 19.8 Å². The summed E-state index contributed by atoms with van der Waals surface area (Å²) in [6.45, 7) is 7.60. The second-order valence-electron chi connectivity index (χ2n) is 5.54. The first kappa shape index (κ1) is 13.3. The van der Waals surface area contributed by atoms with Crippen LogP contribution >= 0.6 is 0 Å². The fourth-order valence-electron chi connectivity index (χ4n) is 3.02. The summed E-state index contributed by atoms with van der Waals surface area (Å²) in [5, 5.41) is 0. The van der Waals surface area contributed by atoms with Crippen LogP contribution in [0.5, 0.6) is 0 Å². The van der Waals surface area contributed by atoms with E-state index in [1.54, 1.807) is 0 Å². The van der Waals surface area contributed by atoms with Gasteiger partial charge in [0, 0.05) is 26.0 Å². The van der Waals surface area contributed by atoms with Crippen LogP contribution in [0.2, 0.25) is 0 Å². The van der Waals surface area contributed by atoms with E-state index in [1.807, 2.05) is 4.90 Å². The van der Waals surface area contributed by atoms with Crippen LogP contribution in [0.15, 0.2) is 4.99 Å². The Balaban J connectivity index is 2.32. The minimum atomic E-state index is -0.407. The minimum Gasteiger partial charge on any atom is -0.385 e. The largest absolute Gasteiger partial charge is 0.385 e. The van der Waals surface area contributed by atoms with Crippen molar-refractivity contribution in [1.29, 1.82) is 0 Å². The third kappa shape index (κ3) is 1.90. The van der Waals surface area contributed by atoms with Gasteiger partial charge in [0.25, 0.3) is 0 Å². The predicted molar refractivity (Wildman–Crippen MR) is 70.6 cm³/mol. The van der Waals surface area contributed by atoms with Crippen LogP contribution in [-0.4, -0.2) is 41.1 Å². The lowest BCUT2D eigenvalue weighted by Gasteiger charge is -2.48. The molecular formula is C13H23N3O2. The number of aliphatic imine (C=N–C) groups is 1. The van der Waals surface area contributed by atoms with Gasteiger partial charge >= 0.3 is 6.03 Å². The zero-order valence-electron chi connectivity index (χ0n) is 11.5. The number of carbonyl (C=O) groups excluding carboxylic acids is 1. The van der Waals surface area contributed by atoms with Gasteiger partial charge in [-0.3, -0.25) is 0 Å². The number of hydrogen-bond donors (Lipinski definition) is 1. The summed E-state index contributed by atoms with van der Waals surface area (Å²) in [6.07, 6.45) is 3.33. The van der Waals surface area contributed by atoms with Crippen LogP contribution in [0.1, 0.15) is 46.5 Å². The highest BCUT2D eigenvalue weighted by molar-refractivity contribution is 6.06. The Hall–Kier alpha value is -1.10. The van der Waals surface area contributed by atoms with Gasteiger partial charge in [0.1, 0.15) is 11.4 Å². The lowest BCUT2D eigenvalue weighted by Crippen LogP contribution is -2.61. The molecule has 0 saturated carbocycles. The second-order valence-corrected chi connectivity index (χ2v) is 5.54. The quantitative estimate of drug-likeness (QED) is 0.835. The number of ether oxygens (including phenoxy) is 1. The van der Waals surface area contributed by atoms with Crippen molar-refractivity contribution in [2.75, 3.05) is 13.2 Å². The second kappa shape index (κ2) is 4.53. The van der Waals surface area contributed by atoms with Gasteiger partial charge in [0.2, 0.25) is 0 Å². The minimum absolute atomic E-state index is 0.185. The predicted octanol–water partition coefficient (Wildman–Crippen LogP) is 1.91. The van der Waals surface area contributed by atoms with E-state index in [1.165, 1.54) is 0 Å². The van der Waals surface area contributed by atoms with Crippen molar-refractivity contribution < 1.29 is 9.53 Å². The molecule has 5 nitrogen and oxygen atoms in total. The molecule has 5 heteroatoms. The fourth-order valence-corrected chi connectivity index (χ4v) is 3.02. The molecule has 0 aliphatic carbocycles. The molecular weight excluding hydrogens is 230 g/mol. The molecule has 0 aromatic carbocycles. The van der Waals surface area contributed by atoms with Crippen molar-refractivity contribution in [3.8, 4) is 0 Å². The van der Waals surface area contributed by atoms with Gasteiger partial charge in [-0.15, -0.1) is 0 Å². The molecule has 0 bridgehead atoms. The van der Waals surface area contributed by atoms with Crippen molar-refractivity contribution in [3.63, 3.8) is 0 Å². The first-order valence-corrected chi connectivity index (χ1v) is 6.77. The summed E-state index contributed by atoms with van der Waals surface area (Å²) in [5.41, 5.74) is 5.44. The lowest BCUT2D eigenvalue weighted by atomic mass is 9.77. The summed E-state index contributed by atoms with van der Waals surface area (Å²) in [5.74, 6) is 0.476. The van der Waals surface area contributed by atoms with Gasteiger partial charge in [0.15, 0.2) is 0 Å². The molecule has 102 valence electrons. The molecule has 1 spiro atoms. The Morgan fingerprint density at radius 3 is 2.83 bits per heavy atom. The third-order valence-corrected chi connectivity index (χ3v) is 4.27. The van der Waals surface area contributed by atoms with Gasteiger partial charge in [-0.25, -0.2) is 4.79 Å². The van der Waals surface area contributed by atoms with Crippen molar-refractivity contribution in [2.45, 2.75) is 57.6 Å². The van der Waals surface area contributed by atoms with Gasteiger partial charge in [0.05, 0.1) is 5.60 Å². The van der Waals surface area contributed by atoms with Crippen molar-refractivity contribution in [3.05, 3.63) is 0 Å². The maximum atomic E-state index is 12.0. The highest BCUT2D eigenvalue weighted by atomic mass is 16.5. The van der Waals surface area contributed by atoms with E-state index in [0.717, 1.165) is 25.7 Å². The molecule has 2 rings (SSSR count). The fraction of sp³-hybridized carbons (Fsp3) is 0.846. The van der Waals surface area contributed by atoms with Crippen LogP contribution in [0.4, 0.5) is 4.79 Å². The maximum absolute atomic E-state index is 12.0. The SMILES string of the molecule is CCCN1C(=O)N=C(N)C12CCOC(C)(CC)C2. The molecule has 2 aliphatic rings. The first-order valence-electron chi connectivity index (χ1n) is 6.77. The Morgan fingerprint density at radius 1 is 1.50 bits per heavy atom. The van der Waals surface area contributed by atoms with Gasteiger partial charge < -0.3 is 15.4 Å². The van der Waals surface area contributed by atoms with Crippen LogP contribution in [0.25, 0.3) is 0 Å². The normalized spacial score (nSPS) is 36.3. The highest BCUT2D eigenvalue weighted by Crippen LogP contribution is 2.41. The number of rotatable bonds is 3. The number of carbonyl (C=O) groups is 1. The molecule has 2 heterocycles. The monoisotopic (exact) mass is 253 g/mol. The van der Waals surface area contributed by atoms with Gasteiger partial charge in [-0.1, -0.05) is 13.8 Å². The van der Waals surface area contributed by atoms with Gasteiger partial charge in [-0.2, -0.15) is 4.99 Å². The number of nitrogens with zero attached hydrogens (tertiary/aromatic N) is 2. The molecule has 0 radical (unpaired) electrons. The molecule has 0 aromatic heterocycles. The number of urea groups is 1. The molecule has 2 N–H and O–H groups in total. The van der Waals surface area contributed by atoms with Crippen LogP contribution in [0, 0.1) is 0 Å². The molecule has 0 aromatic rings. The molecule has 2 unspecified atom stereocenters. The smallest absolute Gasteiger partial charge is 0.346 e. The van der Waals surface area contributed by atoms with E-state index in [9.17, 15) is 4.79 Å². The number of amidine groups is 1. The van der Waals surface area contributed by atoms with E-state index in [-0.39, 0.29) is 11.6 Å². The third-order valence-electron chi connectivity index (χ3n) is 4.27. The Morgan fingerprint density at radius 2 is 2.22 bits per heavy atom. The van der Waals surface area contributed by atoms with Crippen molar-refractivity contribution in [1.82, 2.24) is 4.90 Å². The highest BCUT2D eigenvalue weighted by Gasteiger charge is 2.53. The summed E-state index contributed by atoms with van der Waals surface area (Å²) >= 11 is 0. The maximum Gasteiger partial charge on any atom is 0.346 e. The van der Waals surface area contributed by atoms with Crippen LogP contribution in [0.3, 0.4) is 0 Å². The molecule has 1 fully saturated rings. The molecule has 2 aliphatic heterocycles. The average molecular weight is 253 g/mol. The molecule has 2 atom stereocenters. The number of nitrogens with two attached hydrogens (primary N) is 1. The zero-order valence-corrected chi connectivity index (χ0v) is 11.5. The van der Waals surface area contributed by atoms with Crippen LogP contribution < -0.4 is 5.73 Å². The van der Waals surface area contributed by atoms with E-state index in [0.29, 0.717) is 19.0 Å². The van der Waals surface area contributed by atoms with E-state index >= 15 is 0 Å².